The van der Waals surface area contributed by atoms with Crippen LogP contribution in [-0.4, -0.2) is 39.8 Å². The number of halogens is 1. The molecule has 19 heavy (non-hydrogen) atoms. The number of amides is 1. The first-order chi connectivity index (χ1) is 8.84. The fourth-order valence-corrected chi connectivity index (χ4v) is 1.59. The van der Waals surface area contributed by atoms with Crippen LogP contribution in [0.2, 0.25) is 5.02 Å². The second-order valence-electron chi connectivity index (χ2n) is 4.23. The molecule has 104 valence electrons. The quantitative estimate of drug-likeness (QED) is 0.546. The lowest BCUT2D eigenvalue weighted by Gasteiger charge is -2.26. The molecule has 0 aliphatic heterocycles. The number of aliphatic hydroxyl groups excluding tert-OH is 2. The van der Waals surface area contributed by atoms with Crippen LogP contribution in [0.1, 0.15) is 17.3 Å². The van der Waals surface area contributed by atoms with Crippen LogP contribution in [0.25, 0.3) is 0 Å². The predicted molar refractivity (Wildman–Crippen MR) is 68.1 cm³/mol. The van der Waals surface area contributed by atoms with Gasteiger partial charge < -0.3 is 15.5 Å². The van der Waals surface area contributed by atoms with Gasteiger partial charge in [-0.1, -0.05) is 17.7 Å². The summed E-state index contributed by atoms with van der Waals surface area (Å²) >= 11 is 5.79. The van der Waals surface area contributed by atoms with E-state index in [9.17, 15) is 14.9 Å². The summed E-state index contributed by atoms with van der Waals surface area (Å²) in [7, 11) is 0. The lowest BCUT2D eigenvalue weighted by Crippen LogP contribution is -2.51. The van der Waals surface area contributed by atoms with Crippen molar-refractivity contribution in [1.29, 1.82) is 0 Å². The van der Waals surface area contributed by atoms with Gasteiger partial charge in [0.15, 0.2) is 0 Å². The second kappa shape index (κ2) is 5.96. The minimum absolute atomic E-state index is 0.0935. The summed E-state index contributed by atoms with van der Waals surface area (Å²) in [5.74, 6) is -0.709. The zero-order valence-electron chi connectivity index (χ0n) is 10.1. The molecule has 0 aliphatic carbocycles. The number of carbonyl (C=O) groups excluding carboxylic acids is 1. The van der Waals surface area contributed by atoms with Crippen LogP contribution in [0, 0.1) is 10.1 Å². The van der Waals surface area contributed by atoms with Gasteiger partial charge in [0.25, 0.3) is 11.6 Å². The molecule has 0 saturated carbocycles. The van der Waals surface area contributed by atoms with Crippen molar-refractivity contribution in [2.45, 2.75) is 12.5 Å². The number of carbonyl (C=O) groups is 1. The molecule has 0 unspecified atom stereocenters. The van der Waals surface area contributed by atoms with E-state index in [2.05, 4.69) is 5.32 Å². The first-order valence-corrected chi connectivity index (χ1v) is 5.69. The molecule has 0 spiro atoms. The number of rotatable bonds is 5. The highest BCUT2D eigenvalue weighted by molar-refractivity contribution is 6.35. The van der Waals surface area contributed by atoms with Crippen LogP contribution in [0.3, 0.4) is 0 Å². The number of nitro groups is 1. The Morgan fingerprint density at radius 3 is 2.53 bits per heavy atom. The molecule has 8 heteroatoms. The van der Waals surface area contributed by atoms with E-state index < -0.39 is 29.6 Å². The zero-order chi connectivity index (χ0) is 14.6. The van der Waals surface area contributed by atoms with E-state index in [0.29, 0.717) is 0 Å². The predicted octanol–water partition coefficient (Wildman–Crippen LogP) is 0.721. The molecule has 0 saturated heterocycles. The Bertz CT molecular complexity index is 502. The molecule has 1 rings (SSSR count). The zero-order valence-corrected chi connectivity index (χ0v) is 10.8. The third-order valence-electron chi connectivity index (χ3n) is 2.53. The minimum Gasteiger partial charge on any atom is -0.394 e. The number of nitrogens with zero attached hydrogens (tertiary/aromatic N) is 1. The molecule has 0 bridgehead atoms. The Kier molecular flexibility index (Phi) is 4.82. The van der Waals surface area contributed by atoms with Gasteiger partial charge in [-0.15, -0.1) is 0 Å². The van der Waals surface area contributed by atoms with Gasteiger partial charge in [-0.3, -0.25) is 14.9 Å². The van der Waals surface area contributed by atoms with Crippen molar-refractivity contribution in [3.8, 4) is 0 Å². The fourth-order valence-electron chi connectivity index (χ4n) is 1.31. The third-order valence-corrected chi connectivity index (χ3v) is 2.93. The summed E-state index contributed by atoms with van der Waals surface area (Å²) in [6, 6.07) is 3.82. The van der Waals surface area contributed by atoms with E-state index in [0.717, 1.165) is 0 Å². The highest BCUT2D eigenvalue weighted by Gasteiger charge is 2.27. The Morgan fingerprint density at radius 2 is 2.05 bits per heavy atom. The van der Waals surface area contributed by atoms with Crippen molar-refractivity contribution in [1.82, 2.24) is 5.32 Å². The first-order valence-electron chi connectivity index (χ1n) is 5.32. The van der Waals surface area contributed by atoms with E-state index in [4.69, 9.17) is 21.8 Å². The van der Waals surface area contributed by atoms with Gasteiger partial charge in [-0.25, -0.2) is 0 Å². The molecule has 3 N–H and O–H groups in total. The summed E-state index contributed by atoms with van der Waals surface area (Å²) in [6.07, 6.45) is 0. The Hall–Kier alpha value is -1.70. The summed E-state index contributed by atoms with van der Waals surface area (Å²) in [5.41, 5.74) is -1.71. The molecule has 0 heterocycles. The molecule has 1 aromatic rings. The second-order valence-corrected chi connectivity index (χ2v) is 4.60. The van der Waals surface area contributed by atoms with Gasteiger partial charge >= 0.3 is 0 Å². The van der Waals surface area contributed by atoms with Gasteiger partial charge in [0.05, 0.1) is 29.2 Å². The monoisotopic (exact) mass is 288 g/mol. The molecule has 0 fully saturated rings. The SMILES string of the molecule is CC(CO)(CO)NC(=O)c1cccc([N+](=O)[O-])c1Cl. The van der Waals surface area contributed by atoms with E-state index in [1.54, 1.807) is 0 Å². The smallest absolute Gasteiger partial charge is 0.288 e. The number of nitrogens with one attached hydrogen (secondary N) is 1. The number of nitro benzene ring substituents is 1. The number of benzene rings is 1. The van der Waals surface area contributed by atoms with Crippen LogP contribution in [0.4, 0.5) is 5.69 Å². The van der Waals surface area contributed by atoms with Crippen LogP contribution < -0.4 is 5.32 Å². The number of hydrogen-bond donors (Lipinski definition) is 3. The van der Waals surface area contributed by atoms with E-state index in [1.807, 2.05) is 0 Å². The average Bonchev–Trinajstić information content (AvgIpc) is 2.38. The first kappa shape index (κ1) is 15.4. The maximum atomic E-state index is 11.9. The molecular formula is C11H13ClN2O5. The lowest BCUT2D eigenvalue weighted by atomic mass is 10.0. The topological polar surface area (TPSA) is 113 Å². The highest BCUT2D eigenvalue weighted by Crippen LogP contribution is 2.27. The van der Waals surface area contributed by atoms with Crippen molar-refractivity contribution in [2.24, 2.45) is 0 Å². The maximum Gasteiger partial charge on any atom is 0.288 e. The van der Waals surface area contributed by atoms with E-state index in [1.165, 1.54) is 25.1 Å². The van der Waals surface area contributed by atoms with Gasteiger partial charge in [0, 0.05) is 6.07 Å². The summed E-state index contributed by atoms with van der Waals surface area (Å²) in [4.78, 5) is 21.9. The fraction of sp³-hybridized carbons (Fsp3) is 0.364. The Balaban J connectivity index is 3.08. The van der Waals surface area contributed by atoms with Crippen molar-refractivity contribution < 1.29 is 19.9 Å². The van der Waals surface area contributed by atoms with E-state index in [-0.39, 0.29) is 16.3 Å². The van der Waals surface area contributed by atoms with Gasteiger partial charge in [0.2, 0.25) is 0 Å². The van der Waals surface area contributed by atoms with Crippen LogP contribution >= 0.6 is 11.6 Å². The molecular weight excluding hydrogens is 276 g/mol. The number of aliphatic hydroxyl groups is 2. The lowest BCUT2D eigenvalue weighted by molar-refractivity contribution is -0.384. The van der Waals surface area contributed by atoms with Crippen LogP contribution in [0.5, 0.6) is 0 Å². The highest BCUT2D eigenvalue weighted by atomic mass is 35.5. The average molecular weight is 289 g/mol. The van der Waals surface area contributed by atoms with Crippen molar-refractivity contribution in [2.75, 3.05) is 13.2 Å². The summed E-state index contributed by atoms with van der Waals surface area (Å²) in [5, 5.41) is 30.9. The van der Waals surface area contributed by atoms with Crippen molar-refractivity contribution in [3.63, 3.8) is 0 Å². The Labute approximate surface area is 114 Å². The third kappa shape index (κ3) is 3.40. The van der Waals surface area contributed by atoms with Crippen molar-refractivity contribution in [3.05, 3.63) is 38.9 Å². The molecule has 7 nitrogen and oxygen atoms in total. The number of hydrogen-bond acceptors (Lipinski definition) is 5. The standard InChI is InChI=1S/C11H13ClN2O5/c1-11(5-15,6-16)13-10(17)7-3-2-4-8(9(7)12)14(18)19/h2-4,15-16H,5-6H2,1H3,(H,13,17). The van der Waals surface area contributed by atoms with Crippen molar-refractivity contribution >= 4 is 23.2 Å². The Morgan fingerprint density at radius 1 is 1.47 bits per heavy atom. The van der Waals surface area contributed by atoms with Gasteiger partial charge in [-0.05, 0) is 13.0 Å². The molecule has 0 aromatic heterocycles. The van der Waals surface area contributed by atoms with Gasteiger partial charge in [-0.2, -0.15) is 0 Å². The molecule has 0 atom stereocenters. The molecule has 0 aliphatic rings. The largest absolute Gasteiger partial charge is 0.394 e. The molecule has 1 aromatic carbocycles. The van der Waals surface area contributed by atoms with E-state index >= 15 is 0 Å². The minimum atomic E-state index is -1.23. The summed E-state index contributed by atoms with van der Waals surface area (Å²) < 4.78 is 0. The maximum absolute atomic E-state index is 11.9. The van der Waals surface area contributed by atoms with Crippen LogP contribution in [0.15, 0.2) is 18.2 Å². The normalized spacial score (nSPS) is 11.2. The molecule has 0 radical (unpaired) electrons. The summed E-state index contributed by atoms with van der Waals surface area (Å²) in [6.45, 7) is 0.458. The van der Waals surface area contributed by atoms with Gasteiger partial charge in [0.1, 0.15) is 5.02 Å². The molecule has 1 amide bonds. The van der Waals surface area contributed by atoms with Crippen LogP contribution in [-0.2, 0) is 0 Å².